The highest BCUT2D eigenvalue weighted by atomic mass is 32.1. The molecule has 0 saturated carbocycles. The van der Waals surface area contributed by atoms with Crippen LogP contribution in [0, 0.1) is 12.7 Å². The van der Waals surface area contributed by atoms with Crippen molar-refractivity contribution in [2.45, 2.75) is 11.8 Å². The van der Waals surface area contributed by atoms with E-state index in [2.05, 4.69) is 12.6 Å². The van der Waals surface area contributed by atoms with Crippen molar-refractivity contribution in [1.82, 2.24) is 0 Å². The second-order valence-corrected chi connectivity index (χ2v) is 2.44. The van der Waals surface area contributed by atoms with E-state index < -0.39 is 0 Å². The van der Waals surface area contributed by atoms with Gasteiger partial charge in [0.15, 0.2) is 0 Å². The summed E-state index contributed by atoms with van der Waals surface area (Å²) in [4.78, 5) is 0.403. The van der Waals surface area contributed by atoms with Gasteiger partial charge in [0.2, 0.25) is 0 Å². The molecule has 0 aliphatic rings. The minimum absolute atomic E-state index is 0.252. The highest BCUT2D eigenvalue weighted by molar-refractivity contribution is 7.80. The van der Waals surface area contributed by atoms with E-state index in [4.69, 9.17) is 0 Å². The number of rotatable bonds is 0. The molecule has 0 spiro atoms. The molecule has 0 N–H and O–H groups in total. The second kappa shape index (κ2) is 2.40. The maximum Gasteiger partial charge on any atom is 0.136 e. The van der Waals surface area contributed by atoms with E-state index in [1.165, 1.54) is 6.07 Å². The predicted octanol–water partition coefficient (Wildman–Crippen LogP) is 2.42. The monoisotopic (exact) mass is 142 g/mol. The van der Waals surface area contributed by atoms with Crippen LogP contribution in [-0.4, -0.2) is 0 Å². The molecule has 0 unspecified atom stereocenters. The lowest BCUT2D eigenvalue weighted by molar-refractivity contribution is 0.601. The zero-order valence-corrected chi connectivity index (χ0v) is 5.95. The predicted molar refractivity (Wildman–Crippen MR) is 38.4 cm³/mol. The van der Waals surface area contributed by atoms with E-state index >= 15 is 0 Å². The Balaban J connectivity index is 3.17. The van der Waals surface area contributed by atoms with Gasteiger partial charge in [-0.25, -0.2) is 4.39 Å². The summed E-state index contributed by atoms with van der Waals surface area (Å²) in [5, 5.41) is 0. The van der Waals surface area contributed by atoms with Crippen molar-refractivity contribution >= 4 is 12.6 Å². The van der Waals surface area contributed by atoms with Gasteiger partial charge in [-0.3, -0.25) is 0 Å². The molecule has 0 aromatic heterocycles. The van der Waals surface area contributed by atoms with Crippen LogP contribution in [-0.2, 0) is 0 Å². The molecule has 0 atom stereocenters. The summed E-state index contributed by atoms with van der Waals surface area (Å²) in [7, 11) is 0. The largest absolute Gasteiger partial charge is 0.206 e. The van der Waals surface area contributed by atoms with Gasteiger partial charge in [-0.2, -0.15) is 0 Å². The number of hydrogen-bond donors (Lipinski definition) is 1. The smallest absolute Gasteiger partial charge is 0.136 e. The van der Waals surface area contributed by atoms with Crippen molar-refractivity contribution in [1.29, 1.82) is 0 Å². The third kappa shape index (κ3) is 1.45. The zero-order valence-electron chi connectivity index (χ0n) is 5.06. The quantitative estimate of drug-likeness (QED) is 0.528. The molecule has 9 heavy (non-hydrogen) atoms. The Labute approximate surface area is 59.1 Å². The fraction of sp³-hybridized carbons (Fsp3) is 0.143. The van der Waals surface area contributed by atoms with Crippen LogP contribution in [0.5, 0.6) is 0 Å². The molecular formula is C7H7FS. The van der Waals surface area contributed by atoms with Gasteiger partial charge < -0.3 is 0 Å². The number of halogens is 1. The summed E-state index contributed by atoms with van der Waals surface area (Å²) in [5.74, 6) is -0.252. The molecule has 0 saturated heterocycles. The summed E-state index contributed by atoms with van der Waals surface area (Å²) in [5.41, 5.74) is 0.922. The summed E-state index contributed by atoms with van der Waals surface area (Å²) in [6.07, 6.45) is 0. The topological polar surface area (TPSA) is 0 Å². The first-order valence-electron chi connectivity index (χ1n) is 2.65. The molecule has 48 valence electrons. The van der Waals surface area contributed by atoms with Crippen molar-refractivity contribution in [2.24, 2.45) is 0 Å². The molecule has 2 heteroatoms. The van der Waals surface area contributed by atoms with Gasteiger partial charge in [0.1, 0.15) is 5.82 Å². The van der Waals surface area contributed by atoms with E-state index in [0.717, 1.165) is 5.56 Å². The van der Waals surface area contributed by atoms with Crippen LogP contribution in [0.25, 0.3) is 0 Å². The Morgan fingerprint density at radius 3 is 2.56 bits per heavy atom. The van der Waals surface area contributed by atoms with E-state index in [1.54, 1.807) is 6.07 Å². The fourth-order valence-electron chi connectivity index (χ4n) is 0.612. The lowest BCUT2D eigenvalue weighted by Gasteiger charge is -1.94. The molecule has 0 fully saturated rings. The lowest BCUT2D eigenvalue weighted by Crippen LogP contribution is -1.77. The van der Waals surface area contributed by atoms with Crippen LogP contribution < -0.4 is 0 Å². The van der Waals surface area contributed by atoms with Crippen molar-refractivity contribution in [3.63, 3.8) is 0 Å². The van der Waals surface area contributed by atoms with Gasteiger partial charge in [-0.05, 0) is 24.6 Å². The Bertz CT molecular complexity index is 220. The van der Waals surface area contributed by atoms with Crippen LogP contribution in [0.2, 0.25) is 0 Å². The molecular weight excluding hydrogens is 135 g/mol. The molecule has 0 radical (unpaired) electrons. The third-order valence-corrected chi connectivity index (χ3v) is 1.47. The molecule has 0 amide bonds. The molecule has 0 nitrogen and oxygen atoms in total. The highest BCUT2D eigenvalue weighted by Gasteiger charge is 1.94. The van der Waals surface area contributed by atoms with E-state index in [-0.39, 0.29) is 5.82 Å². The first-order chi connectivity index (χ1) is 4.20. The Kier molecular flexibility index (Phi) is 1.76. The summed E-state index contributed by atoms with van der Waals surface area (Å²) >= 11 is 3.87. The second-order valence-electron chi connectivity index (χ2n) is 1.95. The maximum atomic E-state index is 12.5. The summed E-state index contributed by atoms with van der Waals surface area (Å²) < 4.78 is 12.5. The standard InChI is InChI=1S/C7H7FS/c1-5-2-3-7(9)6(8)4-5/h2-4,9H,1H3. The Hall–Kier alpha value is -0.500. The van der Waals surface area contributed by atoms with E-state index in [9.17, 15) is 4.39 Å². The normalized spacial score (nSPS) is 9.67. The van der Waals surface area contributed by atoms with Gasteiger partial charge in [0.05, 0.1) is 0 Å². The molecule has 0 heterocycles. The molecule has 0 bridgehead atoms. The molecule has 0 aliphatic heterocycles. The minimum atomic E-state index is -0.252. The van der Waals surface area contributed by atoms with Gasteiger partial charge >= 0.3 is 0 Å². The number of benzene rings is 1. The van der Waals surface area contributed by atoms with Gasteiger partial charge in [-0.1, -0.05) is 6.07 Å². The highest BCUT2D eigenvalue weighted by Crippen LogP contribution is 2.12. The van der Waals surface area contributed by atoms with Crippen LogP contribution in [0.4, 0.5) is 4.39 Å². The minimum Gasteiger partial charge on any atom is -0.206 e. The fourth-order valence-corrected chi connectivity index (χ4v) is 0.751. The summed E-state index contributed by atoms with van der Waals surface area (Å²) in [6, 6.07) is 4.93. The first kappa shape index (κ1) is 6.62. The number of aryl methyl sites for hydroxylation is 1. The van der Waals surface area contributed by atoms with E-state index in [1.807, 2.05) is 13.0 Å². The molecule has 1 rings (SSSR count). The SMILES string of the molecule is Cc1ccc(S)c(F)c1. The molecule has 1 aromatic carbocycles. The van der Waals surface area contributed by atoms with Crippen LogP contribution >= 0.6 is 12.6 Å². The Morgan fingerprint density at radius 1 is 1.44 bits per heavy atom. The average Bonchev–Trinajstić information content (AvgIpc) is 1.80. The van der Waals surface area contributed by atoms with Gasteiger partial charge in [0.25, 0.3) is 0 Å². The van der Waals surface area contributed by atoms with Gasteiger partial charge in [-0.15, -0.1) is 12.6 Å². The zero-order chi connectivity index (χ0) is 6.85. The van der Waals surface area contributed by atoms with Crippen molar-refractivity contribution < 1.29 is 4.39 Å². The van der Waals surface area contributed by atoms with Crippen molar-refractivity contribution in [3.8, 4) is 0 Å². The van der Waals surface area contributed by atoms with Crippen molar-refractivity contribution in [3.05, 3.63) is 29.6 Å². The number of hydrogen-bond acceptors (Lipinski definition) is 1. The van der Waals surface area contributed by atoms with Crippen molar-refractivity contribution in [2.75, 3.05) is 0 Å². The molecule has 1 aromatic rings. The van der Waals surface area contributed by atoms with Crippen LogP contribution in [0.15, 0.2) is 23.1 Å². The average molecular weight is 142 g/mol. The summed E-state index contributed by atoms with van der Waals surface area (Å²) in [6.45, 7) is 1.84. The van der Waals surface area contributed by atoms with Crippen LogP contribution in [0.1, 0.15) is 5.56 Å². The van der Waals surface area contributed by atoms with Gasteiger partial charge in [0, 0.05) is 4.90 Å². The first-order valence-corrected chi connectivity index (χ1v) is 3.10. The Morgan fingerprint density at radius 2 is 2.11 bits per heavy atom. The maximum absolute atomic E-state index is 12.5. The van der Waals surface area contributed by atoms with E-state index in [0.29, 0.717) is 4.90 Å². The molecule has 0 aliphatic carbocycles. The lowest BCUT2D eigenvalue weighted by atomic mass is 10.2. The van der Waals surface area contributed by atoms with Crippen LogP contribution in [0.3, 0.4) is 0 Å². The number of thiol groups is 1. The third-order valence-electron chi connectivity index (χ3n) is 1.10.